The summed E-state index contributed by atoms with van der Waals surface area (Å²) in [5.74, 6) is -0.571. The molecule has 102 valence electrons. The molecule has 6 heteroatoms. The Morgan fingerprint density at radius 2 is 2.21 bits per heavy atom. The average molecular weight is 327 g/mol. The lowest BCUT2D eigenvalue weighted by molar-refractivity contribution is -0.145. The normalized spacial score (nSPS) is 18.4. The second kappa shape index (κ2) is 5.61. The average Bonchev–Trinajstić information content (AvgIpc) is 2.89. The van der Waals surface area contributed by atoms with Crippen LogP contribution in [0.15, 0.2) is 22.7 Å². The minimum atomic E-state index is -0.495. The first-order chi connectivity index (χ1) is 9.06. The topological polar surface area (TPSA) is 72.6 Å². The third-order valence-electron chi connectivity index (χ3n) is 3.25. The van der Waals surface area contributed by atoms with Gasteiger partial charge in [0.2, 0.25) is 0 Å². The predicted octanol–water partition coefficient (Wildman–Crippen LogP) is 1.81. The van der Waals surface area contributed by atoms with E-state index < -0.39 is 6.04 Å². The number of hydrogen-bond acceptors (Lipinski definition) is 4. The fourth-order valence-corrected chi connectivity index (χ4v) is 2.69. The van der Waals surface area contributed by atoms with E-state index in [0.717, 1.165) is 6.42 Å². The Morgan fingerprint density at radius 3 is 2.89 bits per heavy atom. The van der Waals surface area contributed by atoms with Crippen molar-refractivity contribution in [2.45, 2.75) is 18.9 Å². The Hall–Kier alpha value is -1.56. The maximum absolute atomic E-state index is 12.5. The summed E-state index contributed by atoms with van der Waals surface area (Å²) < 4.78 is 5.30. The first kappa shape index (κ1) is 13.9. The van der Waals surface area contributed by atoms with Gasteiger partial charge in [0.1, 0.15) is 6.04 Å². The van der Waals surface area contributed by atoms with Gasteiger partial charge in [-0.3, -0.25) is 4.79 Å². The van der Waals surface area contributed by atoms with Crippen LogP contribution < -0.4 is 5.73 Å². The van der Waals surface area contributed by atoms with E-state index >= 15 is 0 Å². The fraction of sp³-hybridized carbons (Fsp3) is 0.385. The molecule has 1 heterocycles. The van der Waals surface area contributed by atoms with E-state index in [1.165, 1.54) is 7.11 Å². The van der Waals surface area contributed by atoms with Crippen LogP contribution in [0.25, 0.3) is 0 Å². The van der Waals surface area contributed by atoms with Gasteiger partial charge < -0.3 is 15.4 Å². The second-order valence-electron chi connectivity index (χ2n) is 4.39. The van der Waals surface area contributed by atoms with E-state index in [1.54, 1.807) is 23.1 Å². The smallest absolute Gasteiger partial charge is 0.328 e. The lowest BCUT2D eigenvalue weighted by Crippen LogP contribution is -2.41. The summed E-state index contributed by atoms with van der Waals surface area (Å²) in [6.45, 7) is 0.555. The first-order valence-electron chi connectivity index (χ1n) is 5.99. The number of anilines is 1. The molecule has 0 saturated carbocycles. The summed E-state index contributed by atoms with van der Waals surface area (Å²) in [6, 6.07) is 4.63. The number of carbonyl (C=O) groups excluding carboxylic acids is 2. The number of rotatable bonds is 2. The summed E-state index contributed by atoms with van der Waals surface area (Å²) >= 11 is 3.31. The number of nitrogens with two attached hydrogens (primary N) is 1. The van der Waals surface area contributed by atoms with Gasteiger partial charge in [-0.15, -0.1) is 0 Å². The summed E-state index contributed by atoms with van der Waals surface area (Å²) in [5.41, 5.74) is 6.74. The van der Waals surface area contributed by atoms with Gasteiger partial charge in [0.05, 0.1) is 17.1 Å². The molecule has 1 aliphatic heterocycles. The lowest BCUT2D eigenvalue weighted by atomic mass is 10.1. The third-order valence-corrected chi connectivity index (χ3v) is 4.13. The van der Waals surface area contributed by atoms with Crippen molar-refractivity contribution < 1.29 is 14.3 Å². The minimum Gasteiger partial charge on any atom is -0.467 e. The highest BCUT2D eigenvalue weighted by molar-refractivity contribution is 9.10. The number of likely N-dealkylation sites (tertiary alicyclic amines) is 1. The van der Waals surface area contributed by atoms with Crippen LogP contribution in [0, 0.1) is 0 Å². The van der Waals surface area contributed by atoms with E-state index in [0.29, 0.717) is 28.7 Å². The van der Waals surface area contributed by atoms with Gasteiger partial charge >= 0.3 is 5.97 Å². The molecule has 5 nitrogen and oxygen atoms in total. The first-order valence-corrected chi connectivity index (χ1v) is 6.78. The zero-order valence-electron chi connectivity index (χ0n) is 10.6. The Bertz CT molecular complexity index is 519. The molecule has 1 atom stereocenters. The summed E-state index contributed by atoms with van der Waals surface area (Å²) in [4.78, 5) is 25.7. The molecule has 1 aromatic carbocycles. The maximum atomic E-state index is 12.5. The van der Waals surface area contributed by atoms with Crippen molar-refractivity contribution in [2.24, 2.45) is 0 Å². The van der Waals surface area contributed by atoms with Crippen molar-refractivity contribution in [2.75, 3.05) is 19.4 Å². The van der Waals surface area contributed by atoms with E-state index in [9.17, 15) is 9.59 Å². The van der Waals surface area contributed by atoms with Gasteiger partial charge in [-0.05, 0) is 40.9 Å². The third kappa shape index (κ3) is 2.58. The van der Waals surface area contributed by atoms with Crippen molar-refractivity contribution in [1.29, 1.82) is 0 Å². The molecule has 1 aromatic rings. The molecule has 19 heavy (non-hydrogen) atoms. The fourth-order valence-electron chi connectivity index (χ4n) is 2.26. The van der Waals surface area contributed by atoms with E-state index in [1.807, 2.05) is 0 Å². The standard InChI is InChI=1S/C13H15BrN2O3/c1-19-13(18)10-6-3-7-16(10)12(17)8-4-2-5-9(15)11(8)14/h2,4-5,10H,3,6-7,15H2,1H3. The maximum Gasteiger partial charge on any atom is 0.328 e. The van der Waals surface area contributed by atoms with Crippen LogP contribution in [-0.2, 0) is 9.53 Å². The highest BCUT2D eigenvalue weighted by Crippen LogP contribution is 2.28. The molecule has 0 bridgehead atoms. The largest absolute Gasteiger partial charge is 0.467 e. The number of carbonyl (C=O) groups is 2. The second-order valence-corrected chi connectivity index (χ2v) is 5.18. The van der Waals surface area contributed by atoms with E-state index in [4.69, 9.17) is 10.5 Å². The molecular formula is C13H15BrN2O3. The molecule has 1 aliphatic rings. The van der Waals surface area contributed by atoms with Crippen molar-refractivity contribution in [1.82, 2.24) is 4.90 Å². The number of methoxy groups -OCH3 is 1. The van der Waals surface area contributed by atoms with Crippen molar-refractivity contribution in [3.05, 3.63) is 28.2 Å². The Kier molecular flexibility index (Phi) is 4.09. The zero-order chi connectivity index (χ0) is 14.0. The quantitative estimate of drug-likeness (QED) is 0.664. The molecule has 1 saturated heterocycles. The minimum absolute atomic E-state index is 0.202. The Morgan fingerprint density at radius 1 is 1.47 bits per heavy atom. The molecule has 1 unspecified atom stereocenters. The molecule has 2 N–H and O–H groups in total. The van der Waals surface area contributed by atoms with Gasteiger partial charge in [0.25, 0.3) is 5.91 Å². The lowest BCUT2D eigenvalue weighted by Gasteiger charge is -2.23. The molecule has 0 radical (unpaired) electrons. The SMILES string of the molecule is COC(=O)C1CCCN1C(=O)c1cccc(N)c1Br. The van der Waals surface area contributed by atoms with Crippen molar-refractivity contribution >= 4 is 33.5 Å². The van der Waals surface area contributed by atoms with Crippen LogP contribution in [0.1, 0.15) is 23.2 Å². The highest BCUT2D eigenvalue weighted by atomic mass is 79.9. The molecule has 0 aliphatic carbocycles. The van der Waals surface area contributed by atoms with Gasteiger partial charge in [-0.25, -0.2) is 4.79 Å². The van der Waals surface area contributed by atoms with Gasteiger partial charge in [-0.2, -0.15) is 0 Å². The molecule has 0 aromatic heterocycles. The summed E-state index contributed by atoms with van der Waals surface area (Å²) in [7, 11) is 1.33. The number of nitrogen functional groups attached to an aromatic ring is 1. The molecule has 1 fully saturated rings. The van der Waals surface area contributed by atoms with Gasteiger partial charge in [0, 0.05) is 12.2 Å². The number of esters is 1. The van der Waals surface area contributed by atoms with Crippen molar-refractivity contribution in [3.8, 4) is 0 Å². The highest BCUT2D eigenvalue weighted by Gasteiger charge is 2.35. The van der Waals surface area contributed by atoms with Crippen LogP contribution in [0.5, 0.6) is 0 Å². The predicted molar refractivity (Wildman–Crippen MR) is 74.6 cm³/mol. The van der Waals surface area contributed by atoms with E-state index in [2.05, 4.69) is 15.9 Å². The van der Waals surface area contributed by atoms with Crippen LogP contribution in [0.3, 0.4) is 0 Å². The number of benzene rings is 1. The Balaban J connectivity index is 2.28. The van der Waals surface area contributed by atoms with Gasteiger partial charge in [0.15, 0.2) is 0 Å². The number of amides is 1. The number of hydrogen-bond donors (Lipinski definition) is 1. The number of ether oxygens (including phenoxy) is 1. The van der Waals surface area contributed by atoms with Crippen LogP contribution in [-0.4, -0.2) is 36.5 Å². The molecule has 0 spiro atoms. The zero-order valence-corrected chi connectivity index (χ0v) is 12.1. The van der Waals surface area contributed by atoms with Crippen LogP contribution in [0.2, 0.25) is 0 Å². The van der Waals surface area contributed by atoms with Crippen LogP contribution >= 0.6 is 15.9 Å². The molecular weight excluding hydrogens is 312 g/mol. The molecule has 2 rings (SSSR count). The van der Waals surface area contributed by atoms with Crippen LogP contribution in [0.4, 0.5) is 5.69 Å². The number of halogens is 1. The van der Waals surface area contributed by atoms with Gasteiger partial charge in [-0.1, -0.05) is 6.07 Å². The summed E-state index contributed by atoms with van der Waals surface area (Å²) in [5, 5.41) is 0. The number of nitrogens with zero attached hydrogens (tertiary/aromatic N) is 1. The molecule has 1 amide bonds. The van der Waals surface area contributed by atoms with E-state index in [-0.39, 0.29) is 11.9 Å². The monoisotopic (exact) mass is 326 g/mol. The summed E-state index contributed by atoms with van der Waals surface area (Å²) in [6.07, 6.45) is 1.43. The Labute approximate surface area is 119 Å². The van der Waals surface area contributed by atoms with Crippen molar-refractivity contribution in [3.63, 3.8) is 0 Å².